The Morgan fingerprint density at radius 3 is 2.67 bits per heavy atom. The fourth-order valence-electron chi connectivity index (χ4n) is 5.11. The molecule has 4 rings (SSSR count). The van der Waals surface area contributed by atoms with Crippen molar-refractivity contribution >= 4 is 23.6 Å². The summed E-state index contributed by atoms with van der Waals surface area (Å²) in [6, 6.07) is 5.72. The molecule has 36 heavy (non-hydrogen) atoms. The monoisotopic (exact) mass is 495 g/mol. The smallest absolute Gasteiger partial charge is 0.412 e. The molecule has 2 N–H and O–H groups in total. The first-order valence-electron chi connectivity index (χ1n) is 12.6. The third-order valence-electron chi connectivity index (χ3n) is 7.14. The average molecular weight is 496 g/mol. The van der Waals surface area contributed by atoms with E-state index in [9.17, 15) is 14.4 Å². The van der Waals surface area contributed by atoms with Gasteiger partial charge in [-0.05, 0) is 77.0 Å². The van der Waals surface area contributed by atoms with Crippen molar-refractivity contribution in [3.05, 3.63) is 47.5 Å². The number of likely N-dealkylation sites (tertiary alicyclic amines) is 1. The van der Waals surface area contributed by atoms with Crippen molar-refractivity contribution in [1.29, 1.82) is 0 Å². The maximum absolute atomic E-state index is 13.3. The highest BCUT2D eigenvalue weighted by atomic mass is 16.6. The maximum Gasteiger partial charge on any atom is 0.412 e. The SMILES string of the molecule is Cc1ccc(CCCNC(=O)C23CCC2CN(C(=O)c2cc(NC(=O)OC(C)(C)C)cn2C)C3)cn1. The number of hydrogen-bond donors (Lipinski definition) is 2. The Balaban J connectivity index is 1.32. The molecule has 1 aliphatic heterocycles. The van der Waals surface area contributed by atoms with Crippen LogP contribution in [0.1, 0.15) is 61.8 Å². The molecule has 2 aromatic heterocycles. The second kappa shape index (κ2) is 9.95. The molecule has 194 valence electrons. The van der Waals surface area contributed by atoms with E-state index in [2.05, 4.69) is 21.7 Å². The van der Waals surface area contributed by atoms with Crippen LogP contribution in [0.3, 0.4) is 0 Å². The van der Waals surface area contributed by atoms with Crippen LogP contribution in [-0.2, 0) is 23.0 Å². The number of fused-ring (bicyclic) bond motifs is 1. The quantitative estimate of drug-likeness (QED) is 0.570. The third-order valence-corrected chi connectivity index (χ3v) is 7.14. The predicted octanol–water partition coefficient (Wildman–Crippen LogP) is 3.68. The van der Waals surface area contributed by atoms with E-state index in [1.807, 2.05) is 19.2 Å². The zero-order chi connectivity index (χ0) is 26.1. The number of ether oxygens (including phenoxy) is 1. The Hall–Kier alpha value is -3.36. The molecule has 1 aliphatic carbocycles. The van der Waals surface area contributed by atoms with Gasteiger partial charge in [-0.25, -0.2) is 4.79 Å². The summed E-state index contributed by atoms with van der Waals surface area (Å²) in [6.45, 7) is 8.94. The van der Waals surface area contributed by atoms with Gasteiger partial charge in [0.05, 0.1) is 11.1 Å². The standard InChI is InChI=1S/C27H37N5O4/c1-18-8-9-19(14-29-18)7-6-12-28-24(34)27-11-10-20(27)15-32(17-27)23(33)22-13-21(16-31(22)5)30-25(35)36-26(2,3)4/h8-9,13-14,16,20H,6-7,10-12,15,17H2,1-5H3,(H,28,34)(H,30,35). The van der Waals surface area contributed by atoms with E-state index in [4.69, 9.17) is 4.74 Å². The van der Waals surface area contributed by atoms with Crippen LogP contribution in [0.5, 0.6) is 0 Å². The number of nitrogens with zero attached hydrogens (tertiary/aromatic N) is 3. The van der Waals surface area contributed by atoms with Crippen LogP contribution in [0.4, 0.5) is 10.5 Å². The van der Waals surface area contributed by atoms with Crippen LogP contribution >= 0.6 is 0 Å². The summed E-state index contributed by atoms with van der Waals surface area (Å²) in [5.74, 6) is 0.0980. The number of carbonyl (C=O) groups excluding carboxylic acids is 3. The molecule has 2 aliphatic rings. The summed E-state index contributed by atoms with van der Waals surface area (Å²) < 4.78 is 6.99. The normalized spacial score (nSPS) is 20.9. The van der Waals surface area contributed by atoms with Gasteiger partial charge >= 0.3 is 6.09 Å². The number of pyridine rings is 1. The molecule has 2 fully saturated rings. The molecule has 0 aromatic carbocycles. The highest BCUT2D eigenvalue weighted by Crippen LogP contribution is 2.52. The lowest BCUT2D eigenvalue weighted by molar-refractivity contribution is -0.138. The van der Waals surface area contributed by atoms with Crippen LogP contribution in [0.25, 0.3) is 0 Å². The zero-order valence-electron chi connectivity index (χ0n) is 21.9. The van der Waals surface area contributed by atoms with Crippen molar-refractivity contribution < 1.29 is 19.1 Å². The van der Waals surface area contributed by atoms with Gasteiger partial charge in [-0.15, -0.1) is 0 Å². The molecule has 1 saturated heterocycles. The second-order valence-electron chi connectivity index (χ2n) is 11.1. The largest absolute Gasteiger partial charge is 0.444 e. The minimum Gasteiger partial charge on any atom is -0.444 e. The molecule has 9 heteroatoms. The lowest BCUT2D eigenvalue weighted by Crippen LogP contribution is -2.52. The Kier molecular flexibility index (Phi) is 7.11. The fourth-order valence-corrected chi connectivity index (χ4v) is 5.11. The predicted molar refractivity (Wildman–Crippen MR) is 137 cm³/mol. The van der Waals surface area contributed by atoms with Crippen molar-refractivity contribution in [1.82, 2.24) is 19.8 Å². The fraction of sp³-hybridized carbons (Fsp3) is 0.556. The molecule has 3 amide bonds. The van der Waals surface area contributed by atoms with E-state index in [1.165, 1.54) is 0 Å². The molecule has 9 nitrogen and oxygen atoms in total. The number of nitrogens with one attached hydrogen (secondary N) is 2. The molecular formula is C27H37N5O4. The van der Waals surface area contributed by atoms with Crippen molar-refractivity contribution in [3.8, 4) is 0 Å². The van der Waals surface area contributed by atoms with Crippen LogP contribution in [-0.4, -0.2) is 57.6 Å². The van der Waals surface area contributed by atoms with Gasteiger partial charge in [0.1, 0.15) is 11.3 Å². The van der Waals surface area contributed by atoms with Gasteiger partial charge in [-0.3, -0.25) is 19.9 Å². The van der Waals surface area contributed by atoms with E-state index < -0.39 is 17.1 Å². The minimum absolute atomic E-state index is 0.0512. The highest BCUT2D eigenvalue weighted by Gasteiger charge is 2.58. The van der Waals surface area contributed by atoms with Gasteiger partial charge in [0, 0.05) is 44.8 Å². The molecule has 2 unspecified atom stereocenters. The van der Waals surface area contributed by atoms with E-state index in [1.54, 1.807) is 49.5 Å². The van der Waals surface area contributed by atoms with E-state index in [0.717, 1.165) is 36.9 Å². The third kappa shape index (κ3) is 5.55. The second-order valence-corrected chi connectivity index (χ2v) is 11.1. The van der Waals surface area contributed by atoms with Gasteiger partial charge in [-0.1, -0.05) is 6.07 Å². The molecule has 2 atom stereocenters. The van der Waals surface area contributed by atoms with Gasteiger partial charge in [-0.2, -0.15) is 0 Å². The number of carbonyl (C=O) groups is 3. The summed E-state index contributed by atoms with van der Waals surface area (Å²) >= 11 is 0. The van der Waals surface area contributed by atoms with E-state index in [0.29, 0.717) is 31.0 Å². The van der Waals surface area contributed by atoms with Crippen molar-refractivity contribution in [2.75, 3.05) is 25.0 Å². The van der Waals surface area contributed by atoms with Crippen molar-refractivity contribution in [2.24, 2.45) is 18.4 Å². The Bertz CT molecular complexity index is 1130. The number of aromatic nitrogens is 2. The zero-order valence-corrected chi connectivity index (χ0v) is 21.9. The number of rotatable bonds is 7. The van der Waals surface area contributed by atoms with E-state index >= 15 is 0 Å². The molecule has 0 bridgehead atoms. The Morgan fingerprint density at radius 1 is 1.25 bits per heavy atom. The Morgan fingerprint density at radius 2 is 2.03 bits per heavy atom. The van der Waals surface area contributed by atoms with Crippen LogP contribution in [0.2, 0.25) is 0 Å². The molecular weight excluding hydrogens is 458 g/mol. The van der Waals surface area contributed by atoms with Crippen LogP contribution in [0.15, 0.2) is 30.6 Å². The molecule has 0 spiro atoms. The highest BCUT2D eigenvalue weighted by molar-refractivity contribution is 5.96. The van der Waals surface area contributed by atoms with Crippen LogP contribution in [0, 0.1) is 18.3 Å². The van der Waals surface area contributed by atoms with Gasteiger partial charge in [0.15, 0.2) is 0 Å². The maximum atomic E-state index is 13.3. The summed E-state index contributed by atoms with van der Waals surface area (Å²) in [6.07, 6.45) is 6.46. The molecule has 3 heterocycles. The molecule has 2 aromatic rings. The van der Waals surface area contributed by atoms with E-state index in [-0.39, 0.29) is 17.7 Å². The first-order chi connectivity index (χ1) is 17.0. The lowest BCUT2D eigenvalue weighted by atomic mass is 9.61. The summed E-state index contributed by atoms with van der Waals surface area (Å²) in [7, 11) is 1.77. The summed E-state index contributed by atoms with van der Waals surface area (Å²) in [5.41, 5.74) is 2.00. The van der Waals surface area contributed by atoms with Gasteiger partial charge < -0.3 is 19.5 Å². The first kappa shape index (κ1) is 25.7. The van der Waals surface area contributed by atoms with Crippen molar-refractivity contribution in [2.45, 2.75) is 59.0 Å². The number of aryl methyl sites for hydroxylation is 3. The number of amides is 3. The minimum atomic E-state index is -0.612. The van der Waals surface area contributed by atoms with Gasteiger partial charge in [0.2, 0.25) is 5.91 Å². The molecule has 1 saturated carbocycles. The first-order valence-corrected chi connectivity index (χ1v) is 12.6. The summed E-state index contributed by atoms with van der Waals surface area (Å²) in [5, 5.41) is 5.80. The average Bonchev–Trinajstić information content (AvgIpc) is 3.27. The number of hydrogen-bond acceptors (Lipinski definition) is 5. The van der Waals surface area contributed by atoms with Crippen molar-refractivity contribution in [3.63, 3.8) is 0 Å². The summed E-state index contributed by atoms with van der Waals surface area (Å²) in [4.78, 5) is 44.7. The lowest BCUT2D eigenvalue weighted by Gasteiger charge is -2.42. The topological polar surface area (TPSA) is 106 Å². The number of anilines is 1. The van der Waals surface area contributed by atoms with Crippen LogP contribution < -0.4 is 10.6 Å². The molecule has 0 radical (unpaired) electrons. The Labute approximate surface area is 212 Å². The van der Waals surface area contributed by atoms with Gasteiger partial charge in [0.25, 0.3) is 5.91 Å².